The molecule has 0 atom stereocenters. The number of rotatable bonds is 4. The molecule has 2 heterocycles. The van der Waals surface area contributed by atoms with E-state index in [1.807, 2.05) is 48.2 Å². The van der Waals surface area contributed by atoms with Gasteiger partial charge in [-0.25, -0.2) is 12.7 Å². The lowest BCUT2D eigenvalue weighted by Crippen LogP contribution is -2.31. The minimum Gasteiger partial charge on any atom is -0.387 e. The lowest BCUT2D eigenvalue weighted by atomic mass is 10.0. The molecular formula is C18H20N4O2S. The standard InChI is InChI=1S/C18H20N4O2S/c1-21(25(3,23)24)12-13-8-14(11-20-10-13)18-16(9-19)15-6-4-5-7-17(15)22(18)2/h4-8,11,20H,10,12H2,1-3H3. The fourth-order valence-corrected chi connectivity index (χ4v) is 3.49. The maximum Gasteiger partial charge on any atom is 0.211 e. The van der Waals surface area contributed by atoms with Gasteiger partial charge in [-0.15, -0.1) is 0 Å². The maximum absolute atomic E-state index is 11.6. The minimum absolute atomic E-state index is 0.314. The number of allylic oxidation sites excluding steroid dienone is 2. The number of nitrogens with one attached hydrogen (secondary N) is 1. The molecule has 1 N–H and O–H groups in total. The number of nitrogens with zero attached hydrogens (tertiary/aromatic N) is 3. The first-order chi connectivity index (χ1) is 11.8. The molecule has 1 aromatic heterocycles. The molecule has 0 radical (unpaired) electrons. The van der Waals surface area contributed by atoms with Gasteiger partial charge in [0.25, 0.3) is 0 Å². The topological polar surface area (TPSA) is 78.1 Å². The molecule has 130 valence electrons. The van der Waals surface area contributed by atoms with Crippen molar-refractivity contribution in [2.75, 3.05) is 26.4 Å². The molecule has 25 heavy (non-hydrogen) atoms. The lowest BCUT2D eigenvalue weighted by Gasteiger charge is -2.20. The molecule has 6 nitrogen and oxygen atoms in total. The van der Waals surface area contributed by atoms with Crippen molar-refractivity contribution in [3.8, 4) is 6.07 Å². The average molecular weight is 356 g/mol. The Morgan fingerprint density at radius 2 is 2.08 bits per heavy atom. The largest absolute Gasteiger partial charge is 0.387 e. The predicted molar refractivity (Wildman–Crippen MR) is 99.2 cm³/mol. The first-order valence-corrected chi connectivity index (χ1v) is 9.70. The fraction of sp³-hybridized carbons (Fsp3) is 0.278. The zero-order valence-corrected chi connectivity index (χ0v) is 15.3. The van der Waals surface area contributed by atoms with E-state index in [1.54, 1.807) is 7.05 Å². The second-order valence-electron chi connectivity index (χ2n) is 6.21. The summed E-state index contributed by atoms with van der Waals surface area (Å²) in [5.41, 5.74) is 4.26. The van der Waals surface area contributed by atoms with Gasteiger partial charge >= 0.3 is 0 Å². The Morgan fingerprint density at radius 1 is 1.36 bits per heavy atom. The number of para-hydroxylation sites is 1. The Hall–Kier alpha value is -2.56. The van der Waals surface area contributed by atoms with Gasteiger partial charge in [0.2, 0.25) is 10.0 Å². The van der Waals surface area contributed by atoms with E-state index in [-0.39, 0.29) is 0 Å². The lowest BCUT2D eigenvalue weighted by molar-refractivity contribution is 0.495. The molecule has 3 rings (SSSR count). The summed E-state index contributed by atoms with van der Waals surface area (Å²) in [5.74, 6) is 0. The van der Waals surface area contributed by atoms with Crippen LogP contribution in [0.25, 0.3) is 16.5 Å². The summed E-state index contributed by atoms with van der Waals surface area (Å²) in [4.78, 5) is 0. The number of aromatic nitrogens is 1. The zero-order chi connectivity index (χ0) is 18.2. The molecule has 0 fully saturated rings. The molecule has 0 spiro atoms. The van der Waals surface area contributed by atoms with E-state index in [9.17, 15) is 13.7 Å². The normalized spacial score (nSPS) is 14.8. The Kier molecular flexibility index (Phi) is 4.41. The summed E-state index contributed by atoms with van der Waals surface area (Å²) in [6.07, 6.45) is 5.03. The number of sulfonamides is 1. The number of nitriles is 1. The van der Waals surface area contributed by atoms with Gasteiger partial charge in [0.1, 0.15) is 6.07 Å². The van der Waals surface area contributed by atoms with Crippen molar-refractivity contribution in [3.05, 3.63) is 53.4 Å². The summed E-state index contributed by atoms with van der Waals surface area (Å²) >= 11 is 0. The SMILES string of the molecule is CN(CC1=CC(c2c(C#N)c3ccccc3n2C)=CNC1)S(C)(=O)=O. The second kappa shape index (κ2) is 6.39. The van der Waals surface area contributed by atoms with E-state index in [0.717, 1.165) is 27.7 Å². The molecule has 2 aromatic rings. The fourth-order valence-electron chi connectivity index (χ4n) is 3.09. The van der Waals surface area contributed by atoms with Crippen LogP contribution in [0.5, 0.6) is 0 Å². The number of hydrogen-bond donors (Lipinski definition) is 1. The molecule has 0 bridgehead atoms. The molecule has 1 aliphatic rings. The predicted octanol–water partition coefficient (Wildman–Crippen LogP) is 1.81. The Balaban J connectivity index is 2.06. The van der Waals surface area contributed by atoms with Gasteiger partial charge in [-0.05, 0) is 17.7 Å². The van der Waals surface area contributed by atoms with Crippen LogP contribution in [0.4, 0.5) is 0 Å². The van der Waals surface area contributed by atoms with Crippen molar-refractivity contribution in [3.63, 3.8) is 0 Å². The van der Waals surface area contributed by atoms with E-state index in [1.165, 1.54) is 10.6 Å². The van der Waals surface area contributed by atoms with Crippen LogP contribution in [-0.2, 0) is 17.1 Å². The van der Waals surface area contributed by atoms with Crippen molar-refractivity contribution in [1.29, 1.82) is 5.26 Å². The van der Waals surface area contributed by atoms with Crippen molar-refractivity contribution >= 4 is 26.5 Å². The maximum atomic E-state index is 11.6. The Morgan fingerprint density at radius 3 is 2.76 bits per heavy atom. The molecule has 1 aromatic carbocycles. The van der Waals surface area contributed by atoms with Crippen LogP contribution in [0.15, 0.2) is 42.1 Å². The number of likely N-dealkylation sites (N-methyl/N-ethyl adjacent to an activating group) is 1. The Bertz CT molecular complexity index is 1040. The highest BCUT2D eigenvalue weighted by atomic mass is 32.2. The van der Waals surface area contributed by atoms with Crippen molar-refractivity contribution in [1.82, 2.24) is 14.2 Å². The van der Waals surface area contributed by atoms with Gasteiger partial charge in [-0.2, -0.15) is 5.26 Å². The number of benzene rings is 1. The highest BCUT2D eigenvalue weighted by molar-refractivity contribution is 7.88. The van der Waals surface area contributed by atoms with Crippen molar-refractivity contribution in [2.24, 2.45) is 7.05 Å². The van der Waals surface area contributed by atoms with Crippen LogP contribution in [0.3, 0.4) is 0 Å². The first kappa shape index (κ1) is 17.3. The third kappa shape index (κ3) is 3.18. The van der Waals surface area contributed by atoms with Crippen LogP contribution < -0.4 is 5.32 Å². The van der Waals surface area contributed by atoms with E-state index < -0.39 is 10.0 Å². The van der Waals surface area contributed by atoms with Crippen LogP contribution in [-0.4, -0.2) is 43.7 Å². The molecular weight excluding hydrogens is 336 g/mol. The first-order valence-electron chi connectivity index (χ1n) is 7.85. The van der Waals surface area contributed by atoms with Gasteiger partial charge in [0, 0.05) is 49.9 Å². The highest BCUT2D eigenvalue weighted by Gasteiger charge is 2.20. The smallest absolute Gasteiger partial charge is 0.211 e. The van der Waals surface area contributed by atoms with Crippen LogP contribution in [0, 0.1) is 11.3 Å². The van der Waals surface area contributed by atoms with Gasteiger partial charge in [-0.3, -0.25) is 0 Å². The summed E-state index contributed by atoms with van der Waals surface area (Å²) < 4.78 is 26.6. The van der Waals surface area contributed by atoms with Gasteiger partial charge in [0.05, 0.1) is 17.5 Å². The summed E-state index contributed by atoms with van der Waals surface area (Å²) in [6.45, 7) is 0.893. The number of dihydropyridines is 1. The molecule has 0 amide bonds. The zero-order valence-electron chi connectivity index (χ0n) is 14.4. The van der Waals surface area contributed by atoms with E-state index >= 15 is 0 Å². The van der Waals surface area contributed by atoms with Crippen LogP contribution in [0.2, 0.25) is 0 Å². The molecule has 0 unspecified atom stereocenters. The van der Waals surface area contributed by atoms with Crippen molar-refractivity contribution < 1.29 is 8.42 Å². The second-order valence-corrected chi connectivity index (χ2v) is 8.30. The monoisotopic (exact) mass is 356 g/mol. The Labute approximate surface area is 147 Å². The van der Waals surface area contributed by atoms with E-state index in [0.29, 0.717) is 18.7 Å². The van der Waals surface area contributed by atoms with Crippen LogP contribution in [0.1, 0.15) is 11.3 Å². The quantitative estimate of drug-likeness (QED) is 0.906. The summed E-state index contributed by atoms with van der Waals surface area (Å²) in [5, 5.41) is 13.8. The molecule has 1 aliphatic heterocycles. The summed E-state index contributed by atoms with van der Waals surface area (Å²) in [7, 11) is 0.258. The molecule has 0 saturated heterocycles. The third-order valence-corrected chi connectivity index (χ3v) is 5.69. The molecule has 7 heteroatoms. The minimum atomic E-state index is -3.24. The molecule has 0 saturated carbocycles. The third-order valence-electron chi connectivity index (χ3n) is 4.43. The van der Waals surface area contributed by atoms with E-state index in [2.05, 4.69) is 11.4 Å². The van der Waals surface area contributed by atoms with Crippen LogP contribution >= 0.6 is 0 Å². The van der Waals surface area contributed by atoms with Crippen molar-refractivity contribution in [2.45, 2.75) is 0 Å². The number of aryl methyl sites for hydroxylation is 1. The highest BCUT2D eigenvalue weighted by Crippen LogP contribution is 2.31. The molecule has 0 aliphatic carbocycles. The van der Waals surface area contributed by atoms with Gasteiger partial charge in [-0.1, -0.05) is 18.2 Å². The van der Waals surface area contributed by atoms with Gasteiger partial charge in [0.15, 0.2) is 0 Å². The summed E-state index contributed by atoms with van der Waals surface area (Å²) in [6, 6.07) is 10.1. The van der Waals surface area contributed by atoms with Gasteiger partial charge < -0.3 is 9.88 Å². The average Bonchev–Trinajstić information content (AvgIpc) is 2.87. The van der Waals surface area contributed by atoms with E-state index in [4.69, 9.17) is 0 Å². The number of hydrogen-bond acceptors (Lipinski definition) is 4. The number of fused-ring (bicyclic) bond motifs is 1.